The van der Waals surface area contributed by atoms with Crippen LogP contribution in [-0.4, -0.2) is 65.0 Å². The molecule has 1 aromatic carbocycles. The highest BCUT2D eigenvalue weighted by atomic mass is 127. The minimum Gasteiger partial charge on any atom is -0.491 e. The van der Waals surface area contributed by atoms with Gasteiger partial charge in [-0.25, -0.2) is 0 Å². The summed E-state index contributed by atoms with van der Waals surface area (Å²) in [6, 6.07) is 8.09. The smallest absolute Gasteiger partial charge is 0.193 e. The number of guanidine groups is 1. The zero-order valence-electron chi connectivity index (χ0n) is 15.4. The zero-order chi connectivity index (χ0) is 17.2. The number of halogens is 1. The molecule has 7 heteroatoms. The van der Waals surface area contributed by atoms with Gasteiger partial charge in [0.25, 0.3) is 0 Å². The molecular formula is C18H30IN3O3. The first-order valence-corrected chi connectivity index (χ1v) is 8.43. The van der Waals surface area contributed by atoms with Gasteiger partial charge in [-0.1, -0.05) is 12.1 Å². The van der Waals surface area contributed by atoms with Crippen LogP contribution in [0.5, 0.6) is 5.75 Å². The molecule has 0 aromatic heterocycles. The quantitative estimate of drug-likeness (QED) is 0.278. The number of methoxy groups -OCH3 is 1. The van der Waals surface area contributed by atoms with E-state index < -0.39 is 0 Å². The summed E-state index contributed by atoms with van der Waals surface area (Å²) in [7, 11) is 5.55. The Labute approximate surface area is 167 Å². The second-order valence-corrected chi connectivity index (χ2v) is 6.00. The van der Waals surface area contributed by atoms with Crippen LogP contribution in [0, 0.1) is 5.92 Å². The van der Waals surface area contributed by atoms with Crippen molar-refractivity contribution in [1.29, 1.82) is 0 Å². The highest BCUT2D eigenvalue weighted by Gasteiger charge is 2.18. The maximum Gasteiger partial charge on any atom is 0.193 e. The Bertz CT molecular complexity index is 505. The molecule has 1 unspecified atom stereocenters. The van der Waals surface area contributed by atoms with Crippen molar-refractivity contribution < 1.29 is 14.2 Å². The van der Waals surface area contributed by atoms with E-state index in [9.17, 15) is 0 Å². The molecule has 0 amide bonds. The van der Waals surface area contributed by atoms with E-state index >= 15 is 0 Å². The van der Waals surface area contributed by atoms with Crippen LogP contribution in [0.25, 0.3) is 0 Å². The van der Waals surface area contributed by atoms with Crippen molar-refractivity contribution in [2.24, 2.45) is 10.9 Å². The van der Waals surface area contributed by atoms with Crippen LogP contribution in [0.15, 0.2) is 29.3 Å². The first-order chi connectivity index (χ1) is 11.7. The number of hydrogen-bond acceptors (Lipinski definition) is 4. The van der Waals surface area contributed by atoms with Crippen molar-refractivity contribution in [2.45, 2.75) is 13.0 Å². The first kappa shape index (κ1) is 22.0. The van der Waals surface area contributed by atoms with Crippen molar-refractivity contribution >= 4 is 29.9 Å². The second kappa shape index (κ2) is 12.3. The molecule has 1 aliphatic heterocycles. The number of aliphatic imine (C=N–C) groups is 1. The predicted molar refractivity (Wildman–Crippen MR) is 111 cm³/mol. The Balaban J connectivity index is 0.00000312. The summed E-state index contributed by atoms with van der Waals surface area (Å²) in [4.78, 5) is 6.53. The number of hydrogen-bond donors (Lipinski definition) is 1. The van der Waals surface area contributed by atoms with E-state index in [2.05, 4.69) is 34.4 Å². The summed E-state index contributed by atoms with van der Waals surface area (Å²) in [5, 5.41) is 3.41. The van der Waals surface area contributed by atoms with Crippen molar-refractivity contribution in [1.82, 2.24) is 10.2 Å². The summed E-state index contributed by atoms with van der Waals surface area (Å²) in [6.45, 7) is 4.59. The molecule has 0 bridgehead atoms. The maximum atomic E-state index is 5.57. The molecule has 1 aliphatic rings. The summed E-state index contributed by atoms with van der Waals surface area (Å²) in [5.41, 5.74) is 1.19. The molecule has 0 radical (unpaired) electrons. The molecule has 0 aliphatic carbocycles. The predicted octanol–water partition coefficient (Wildman–Crippen LogP) is 2.37. The average molecular weight is 463 g/mol. The van der Waals surface area contributed by atoms with Gasteiger partial charge < -0.3 is 24.4 Å². The van der Waals surface area contributed by atoms with Gasteiger partial charge in [0.05, 0.1) is 13.2 Å². The number of nitrogens with one attached hydrogen (secondary N) is 1. The van der Waals surface area contributed by atoms with Crippen LogP contribution in [0.3, 0.4) is 0 Å². The Morgan fingerprint density at radius 2 is 2.08 bits per heavy atom. The van der Waals surface area contributed by atoms with Crippen LogP contribution >= 0.6 is 24.0 Å². The van der Waals surface area contributed by atoms with E-state index in [1.807, 2.05) is 19.2 Å². The summed E-state index contributed by atoms with van der Waals surface area (Å²) in [5.74, 6) is 2.36. The van der Waals surface area contributed by atoms with Crippen molar-refractivity contribution in [2.75, 3.05) is 54.2 Å². The molecule has 0 spiro atoms. The Morgan fingerprint density at radius 3 is 2.68 bits per heavy atom. The lowest BCUT2D eigenvalue weighted by Crippen LogP contribution is -2.41. The largest absolute Gasteiger partial charge is 0.491 e. The summed E-state index contributed by atoms with van der Waals surface area (Å²) < 4.78 is 16.0. The maximum absolute atomic E-state index is 5.57. The standard InChI is InChI=1S/C18H29N3O3.HI/c1-19-18(21(2)13-16-8-9-23-14-16)20-12-15-4-6-17(7-5-15)24-11-10-22-3;/h4-7,16H,8-14H2,1-3H3,(H,19,20);1H. The van der Waals surface area contributed by atoms with E-state index in [0.29, 0.717) is 19.1 Å². The number of ether oxygens (including phenoxy) is 3. The summed E-state index contributed by atoms with van der Waals surface area (Å²) in [6.07, 6.45) is 1.13. The highest BCUT2D eigenvalue weighted by Crippen LogP contribution is 2.14. The normalized spacial score (nSPS) is 17.1. The third-order valence-electron chi connectivity index (χ3n) is 4.06. The molecule has 1 fully saturated rings. The summed E-state index contributed by atoms with van der Waals surface area (Å²) >= 11 is 0. The van der Waals surface area contributed by atoms with E-state index in [0.717, 1.165) is 44.4 Å². The SMILES string of the molecule is CN=C(NCc1ccc(OCCOC)cc1)N(C)CC1CCOC1.I. The van der Waals surface area contributed by atoms with Crippen molar-refractivity contribution in [3.8, 4) is 5.75 Å². The molecule has 0 saturated carbocycles. The third kappa shape index (κ3) is 7.79. The lowest BCUT2D eigenvalue weighted by Gasteiger charge is -2.24. The van der Waals surface area contributed by atoms with E-state index in [1.54, 1.807) is 7.11 Å². The topological polar surface area (TPSA) is 55.3 Å². The number of benzene rings is 1. The number of rotatable bonds is 8. The molecule has 2 rings (SSSR count). The van der Waals surface area contributed by atoms with Crippen LogP contribution in [0.2, 0.25) is 0 Å². The van der Waals surface area contributed by atoms with Crippen LogP contribution in [0.1, 0.15) is 12.0 Å². The fraction of sp³-hybridized carbons (Fsp3) is 0.611. The molecule has 25 heavy (non-hydrogen) atoms. The average Bonchev–Trinajstić information content (AvgIpc) is 3.10. The Hall–Kier alpha value is -1.06. The lowest BCUT2D eigenvalue weighted by molar-refractivity contribution is 0.146. The van der Waals surface area contributed by atoms with Crippen LogP contribution in [-0.2, 0) is 16.0 Å². The fourth-order valence-corrected chi connectivity index (χ4v) is 2.71. The Kier molecular flexibility index (Phi) is 10.8. The lowest BCUT2D eigenvalue weighted by atomic mass is 10.1. The monoisotopic (exact) mass is 463 g/mol. The third-order valence-corrected chi connectivity index (χ3v) is 4.06. The van der Waals surface area contributed by atoms with Crippen molar-refractivity contribution in [3.63, 3.8) is 0 Å². The van der Waals surface area contributed by atoms with Gasteiger partial charge >= 0.3 is 0 Å². The minimum atomic E-state index is 0. The van der Waals surface area contributed by atoms with Gasteiger partial charge in [0.15, 0.2) is 5.96 Å². The first-order valence-electron chi connectivity index (χ1n) is 8.43. The van der Waals surface area contributed by atoms with Gasteiger partial charge in [0.2, 0.25) is 0 Å². The van der Waals surface area contributed by atoms with E-state index in [1.165, 1.54) is 5.56 Å². The number of nitrogens with zero attached hydrogens (tertiary/aromatic N) is 2. The minimum absolute atomic E-state index is 0. The van der Waals surface area contributed by atoms with Gasteiger partial charge in [-0.2, -0.15) is 0 Å². The molecule has 6 nitrogen and oxygen atoms in total. The highest BCUT2D eigenvalue weighted by molar-refractivity contribution is 14.0. The van der Waals surface area contributed by atoms with E-state index in [4.69, 9.17) is 14.2 Å². The zero-order valence-corrected chi connectivity index (χ0v) is 17.7. The van der Waals surface area contributed by atoms with Crippen LogP contribution < -0.4 is 10.1 Å². The van der Waals surface area contributed by atoms with E-state index in [-0.39, 0.29) is 24.0 Å². The van der Waals surface area contributed by atoms with Crippen molar-refractivity contribution in [3.05, 3.63) is 29.8 Å². The van der Waals surface area contributed by atoms with Gasteiger partial charge in [-0.3, -0.25) is 4.99 Å². The van der Waals surface area contributed by atoms with Gasteiger partial charge in [0.1, 0.15) is 12.4 Å². The van der Waals surface area contributed by atoms with Gasteiger partial charge in [0, 0.05) is 46.8 Å². The molecule has 1 N–H and O–H groups in total. The Morgan fingerprint density at radius 1 is 1.32 bits per heavy atom. The molecule has 142 valence electrons. The van der Waals surface area contributed by atoms with Gasteiger partial charge in [-0.05, 0) is 24.1 Å². The second-order valence-electron chi connectivity index (χ2n) is 6.00. The molecular weight excluding hydrogens is 433 g/mol. The fourth-order valence-electron chi connectivity index (χ4n) is 2.71. The van der Waals surface area contributed by atoms with Crippen LogP contribution in [0.4, 0.5) is 0 Å². The molecule has 1 atom stereocenters. The molecule has 1 aromatic rings. The van der Waals surface area contributed by atoms with Gasteiger partial charge in [-0.15, -0.1) is 24.0 Å². The molecule has 1 saturated heterocycles. The molecule has 1 heterocycles.